The Morgan fingerprint density at radius 2 is 2.29 bits per heavy atom. The van der Waals surface area contributed by atoms with E-state index in [2.05, 4.69) is 4.98 Å². The molecule has 76 valence electrons. The molecular weight excluding hydrogens is 184 g/mol. The fraction of sp³-hybridized carbons (Fsp3) is 0.333. The minimum atomic E-state index is -1.11. The molecule has 5 heteroatoms. The predicted octanol–water partition coefficient (Wildman–Crippen LogP) is 0.160. The zero-order valence-corrected chi connectivity index (χ0v) is 7.71. The van der Waals surface area contributed by atoms with Gasteiger partial charge in [0.2, 0.25) is 0 Å². The summed E-state index contributed by atoms with van der Waals surface area (Å²) in [5, 5.41) is 17.9. The third-order valence-corrected chi connectivity index (χ3v) is 1.91. The molecule has 2 atom stereocenters. The molecule has 0 bridgehead atoms. The minimum absolute atomic E-state index is 0.0707. The number of nitrogens with two attached hydrogens (primary N) is 1. The van der Waals surface area contributed by atoms with Crippen LogP contribution in [0, 0.1) is 0 Å². The van der Waals surface area contributed by atoms with E-state index >= 15 is 0 Å². The number of aromatic carboxylic acids is 1. The molecule has 1 rings (SSSR count). The van der Waals surface area contributed by atoms with Crippen molar-refractivity contribution in [1.82, 2.24) is 4.98 Å². The van der Waals surface area contributed by atoms with Crippen molar-refractivity contribution < 1.29 is 15.0 Å². The van der Waals surface area contributed by atoms with Gasteiger partial charge in [-0.3, -0.25) is 0 Å². The van der Waals surface area contributed by atoms with Crippen LogP contribution < -0.4 is 5.73 Å². The first-order chi connectivity index (χ1) is 6.52. The summed E-state index contributed by atoms with van der Waals surface area (Å²) in [6, 6.07) is 2.36. The maximum Gasteiger partial charge on any atom is 0.354 e. The number of rotatable bonds is 3. The molecule has 0 saturated carbocycles. The molecule has 14 heavy (non-hydrogen) atoms. The van der Waals surface area contributed by atoms with E-state index < -0.39 is 18.1 Å². The number of aliphatic hydroxyl groups excluding tert-OH is 1. The molecule has 0 saturated heterocycles. The van der Waals surface area contributed by atoms with Crippen LogP contribution in [-0.2, 0) is 0 Å². The second-order valence-electron chi connectivity index (χ2n) is 3.05. The molecule has 0 fully saturated rings. The van der Waals surface area contributed by atoms with Gasteiger partial charge >= 0.3 is 5.97 Å². The summed E-state index contributed by atoms with van der Waals surface area (Å²) in [6.45, 7) is 1.55. The van der Waals surface area contributed by atoms with Crippen LogP contribution in [0.1, 0.15) is 29.0 Å². The molecule has 0 aromatic carbocycles. The smallest absolute Gasteiger partial charge is 0.354 e. The third-order valence-electron chi connectivity index (χ3n) is 1.91. The van der Waals surface area contributed by atoms with Crippen LogP contribution in [0.25, 0.3) is 0 Å². The fourth-order valence-corrected chi connectivity index (χ4v) is 1.05. The van der Waals surface area contributed by atoms with Crippen molar-refractivity contribution in [2.24, 2.45) is 5.73 Å². The Balaban J connectivity index is 2.99. The summed E-state index contributed by atoms with van der Waals surface area (Å²) in [6.07, 6.45) is 0.639. The number of carbonyl (C=O) groups is 1. The molecule has 0 spiro atoms. The van der Waals surface area contributed by atoms with Crippen LogP contribution in [0.3, 0.4) is 0 Å². The lowest BCUT2D eigenvalue weighted by atomic mass is 10.0. The van der Waals surface area contributed by atoms with E-state index in [0.29, 0.717) is 5.56 Å². The number of hydrogen-bond donors (Lipinski definition) is 3. The van der Waals surface area contributed by atoms with Crippen LogP contribution >= 0.6 is 0 Å². The third kappa shape index (κ3) is 2.27. The van der Waals surface area contributed by atoms with Gasteiger partial charge in [-0.15, -0.1) is 0 Å². The summed E-state index contributed by atoms with van der Waals surface area (Å²) in [7, 11) is 0. The van der Waals surface area contributed by atoms with Gasteiger partial charge in [0, 0.05) is 6.20 Å². The number of pyridine rings is 1. The summed E-state index contributed by atoms with van der Waals surface area (Å²) < 4.78 is 0. The van der Waals surface area contributed by atoms with Crippen LogP contribution in [0.5, 0.6) is 0 Å². The average Bonchev–Trinajstić information content (AvgIpc) is 2.16. The Bertz CT molecular complexity index is 339. The van der Waals surface area contributed by atoms with Gasteiger partial charge in [0.1, 0.15) is 5.69 Å². The first-order valence-electron chi connectivity index (χ1n) is 4.15. The predicted molar refractivity (Wildman–Crippen MR) is 49.8 cm³/mol. The van der Waals surface area contributed by atoms with Crippen molar-refractivity contribution in [3.8, 4) is 0 Å². The molecule has 5 nitrogen and oxygen atoms in total. The van der Waals surface area contributed by atoms with Gasteiger partial charge in [0.05, 0.1) is 12.1 Å². The number of carboxylic acids is 1. The Labute approximate surface area is 81.2 Å². The van der Waals surface area contributed by atoms with Gasteiger partial charge in [-0.05, 0) is 24.6 Å². The second kappa shape index (κ2) is 4.17. The molecule has 0 aliphatic rings. The Kier molecular flexibility index (Phi) is 3.16. The first kappa shape index (κ1) is 10.6. The van der Waals surface area contributed by atoms with Crippen LogP contribution in [0.2, 0.25) is 0 Å². The van der Waals surface area contributed by atoms with Gasteiger partial charge in [-0.2, -0.15) is 0 Å². The summed E-state index contributed by atoms with van der Waals surface area (Å²) in [5.41, 5.74) is 6.13. The lowest BCUT2D eigenvalue weighted by molar-refractivity contribution is 0.0690. The largest absolute Gasteiger partial charge is 0.477 e. The molecule has 0 amide bonds. The van der Waals surface area contributed by atoms with Gasteiger partial charge in [0.25, 0.3) is 0 Å². The van der Waals surface area contributed by atoms with E-state index in [1.807, 2.05) is 0 Å². The second-order valence-corrected chi connectivity index (χ2v) is 3.05. The average molecular weight is 196 g/mol. The Morgan fingerprint density at radius 3 is 2.79 bits per heavy atom. The SMILES string of the molecule is C[C@H](O)[C@H](N)c1ccnc(C(=O)O)c1. The van der Waals surface area contributed by atoms with Crippen molar-refractivity contribution in [3.63, 3.8) is 0 Å². The zero-order valence-electron chi connectivity index (χ0n) is 7.71. The fourth-order valence-electron chi connectivity index (χ4n) is 1.05. The number of hydrogen-bond acceptors (Lipinski definition) is 4. The molecule has 0 unspecified atom stereocenters. The lowest BCUT2D eigenvalue weighted by Gasteiger charge is -2.14. The van der Waals surface area contributed by atoms with Crippen LogP contribution in [0.15, 0.2) is 18.3 Å². The molecular formula is C9H12N2O3. The number of aromatic nitrogens is 1. The normalized spacial score (nSPS) is 14.8. The van der Waals surface area contributed by atoms with Gasteiger partial charge < -0.3 is 15.9 Å². The van der Waals surface area contributed by atoms with Gasteiger partial charge in [-0.25, -0.2) is 9.78 Å². The highest BCUT2D eigenvalue weighted by Crippen LogP contribution is 2.14. The number of carboxylic acid groups (broad SMARTS) is 1. The molecule has 0 aliphatic heterocycles. The summed E-state index contributed by atoms with van der Waals surface area (Å²) in [4.78, 5) is 14.2. The van der Waals surface area contributed by atoms with E-state index in [1.54, 1.807) is 13.0 Å². The maximum absolute atomic E-state index is 10.6. The molecule has 1 aromatic heterocycles. The van der Waals surface area contributed by atoms with E-state index in [0.717, 1.165) is 0 Å². The molecule has 4 N–H and O–H groups in total. The zero-order chi connectivity index (χ0) is 10.7. The molecule has 0 aliphatic carbocycles. The first-order valence-corrected chi connectivity index (χ1v) is 4.15. The Morgan fingerprint density at radius 1 is 1.64 bits per heavy atom. The van der Waals surface area contributed by atoms with Crippen molar-refractivity contribution in [2.75, 3.05) is 0 Å². The minimum Gasteiger partial charge on any atom is -0.477 e. The van der Waals surface area contributed by atoms with E-state index in [4.69, 9.17) is 10.8 Å². The highest BCUT2D eigenvalue weighted by atomic mass is 16.4. The molecule has 1 aromatic rings. The van der Waals surface area contributed by atoms with Crippen molar-refractivity contribution in [1.29, 1.82) is 0 Å². The topological polar surface area (TPSA) is 96.4 Å². The van der Waals surface area contributed by atoms with Gasteiger partial charge in [0.15, 0.2) is 0 Å². The number of aliphatic hydroxyl groups is 1. The van der Waals surface area contributed by atoms with E-state index in [-0.39, 0.29) is 5.69 Å². The number of nitrogens with zero attached hydrogens (tertiary/aromatic N) is 1. The quantitative estimate of drug-likeness (QED) is 0.639. The van der Waals surface area contributed by atoms with E-state index in [1.165, 1.54) is 12.3 Å². The Hall–Kier alpha value is -1.46. The van der Waals surface area contributed by atoms with Crippen LogP contribution in [0.4, 0.5) is 0 Å². The highest BCUT2D eigenvalue weighted by molar-refractivity contribution is 5.85. The van der Waals surface area contributed by atoms with Crippen molar-refractivity contribution in [3.05, 3.63) is 29.6 Å². The van der Waals surface area contributed by atoms with E-state index in [9.17, 15) is 9.90 Å². The van der Waals surface area contributed by atoms with Crippen molar-refractivity contribution in [2.45, 2.75) is 19.1 Å². The molecule has 1 heterocycles. The highest BCUT2D eigenvalue weighted by Gasteiger charge is 2.14. The maximum atomic E-state index is 10.6. The lowest BCUT2D eigenvalue weighted by Crippen LogP contribution is -2.23. The summed E-state index contributed by atoms with van der Waals surface area (Å²) in [5.74, 6) is -1.11. The van der Waals surface area contributed by atoms with Crippen LogP contribution in [-0.4, -0.2) is 27.3 Å². The summed E-state index contributed by atoms with van der Waals surface area (Å²) >= 11 is 0. The standard InChI is InChI=1S/C9H12N2O3/c1-5(12)8(10)6-2-3-11-7(4-6)9(13)14/h2-5,8,12H,10H2,1H3,(H,13,14)/t5-,8-/m0/s1. The molecule has 0 radical (unpaired) electrons. The van der Waals surface area contributed by atoms with Gasteiger partial charge in [-0.1, -0.05) is 0 Å². The monoisotopic (exact) mass is 196 g/mol. The van der Waals surface area contributed by atoms with Crippen molar-refractivity contribution >= 4 is 5.97 Å².